The topological polar surface area (TPSA) is 108 Å². The number of rotatable bonds is 58. The molecule has 0 aromatic carbocycles. The van der Waals surface area contributed by atoms with Gasteiger partial charge in [-0.05, 0) is 19.3 Å². The predicted octanol–water partition coefficient (Wildman–Crippen LogP) is 18.4. The molecular weight excluding hydrogens is 888 g/mol. The molecule has 418 valence electrons. The van der Waals surface area contributed by atoms with Gasteiger partial charge in [-0.15, -0.1) is 0 Å². The summed E-state index contributed by atoms with van der Waals surface area (Å²) < 4.78 is 23.4. The fraction of sp³-hybridized carbons (Fsp3) is 0.951. The van der Waals surface area contributed by atoms with Gasteiger partial charge in [0.25, 0.3) is 7.82 Å². The summed E-state index contributed by atoms with van der Waals surface area (Å²) in [6.07, 6.45) is 65.9. The average molecular weight is 1010 g/mol. The number of aliphatic hydroxyl groups excluding tert-OH is 1. The van der Waals surface area contributed by atoms with Crippen LogP contribution in [0.4, 0.5) is 0 Å². The highest BCUT2D eigenvalue weighted by molar-refractivity contribution is 7.45. The van der Waals surface area contributed by atoms with Gasteiger partial charge < -0.3 is 28.8 Å². The number of likely N-dealkylation sites (N-methyl/N-ethyl adjacent to an activating group) is 1. The Labute approximate surface area is 437 Å². The number of phosphoric acid groups is 1. The van der Waals surface area contributed by atoms with Crippen LogP contribution in [-0.2, 0) is 18.4 Å². The molecule has 0 aromatic heterocycles. The van der Waals surface area contributed by atoms with Gasteiger partial charge in [-0.1, -0.05) is 309 Å². The molecule has 0 aliphatic carbocycles. The van der Waals surface area contributed by atoms with Gasteiger partial charge in [0.15, 0.2) is 0 Å². The number of hydrogen-bond acceptors (Lipinski definition) is 6. The molecule has 0 aliphatic heterocycles. The van der Waals surface area contributed by atoms with E-state index in [0.29, 0.717) is 17.4 Å². The molecule has 8 nitrogen and oxygen atoms in total. The number of unbranched alkanes of at least 4 members (excludes halogenated alkanes) is 45. The molecule has 1 amide bonds. The maximum absolute atomic E-state index is 13.0. The van der Waals surface area contributed by atoms with Crippen LogP contribution < -0.4 is 10.2 Å². The molecule has 0 heterocycles. The Balaban J connectivity index is 4.02. The van der Waals surface area contributed by atoms with Gasteiger partial charge in [0.05, 0.1) is 39.9 Å². The average Bonchev–Trinajstić information content (AvgIpc) is 3.32. The van der Waals surface area contributed by atoms with Crippen molar-refractivity contribution in [2.75, 3.05) is 40.9 Å². The first kappa shape index (κ1) is 69.2. The van der Waals surface area contributed by atoms with Crippen molar-refractivity contribution in [1.82, 2.24) is 5.32 Å². The minimum Gasteiger partial charge on any atom is -0.756 e. The van der Waals surface area contributed by atoms with Crippen LogP contribution in [0, 0.1) is 0 Å². The van der Waals surface area contributed by atoms with Crippen LogP contribution in [0.1, 0.15) is 322 Å². The van der Waals surface area contributed by atoms with Gasteiger partial charge in [0.2, 0.25) is 5.91 Å². The Bertz CT molecular complexity index is 1150. The fourth-order valence-corrected chi connectivity index (χ4v) is 10.4. The minimum absolute atomic E-state index is 0.00269. The van der Waals surface area contributed by atoms with Crippen LogP contribution in [0.25, 0.3) is 0 Å². The SMILES string of the molecule is CCCCCCCCCCCCCCCCC/C=C/[C@@H](O)[C@H](COP(=O)([O-])OCC[N+](C)(C)C)NC(=O)CCCCCCCCCCCCCCCCCCCCCCCCCCCCCCCCC. The first-order chi connectivity index (χ1) is 34.0. The summed E-state index contributed by atoms with van der Waals surface area (Å²) in [5, 5.41) is 13.9. The van der Waals surface area contributed by atoms with Gasteiger partial charge >= 0.3 is 0 Å². The second kappa shape index (κ2) is 53.1. The molecule has 0 saturated carbocycles. The van der Waals surface area contributed by atoms with E-state index in [1.54, 1.807) is 6.08 Å². The number of phosphoric ester groups is 1. The third-order valence-corrected chi connectivity index (χ3v) is 15.5. The predicted molar refractivity (Wildman–Crippen MR) is 302 cm³/mol. The maximum Gasteiger partial charge on any atom is 0.268 e. The molecule has 3 atom stereocenters. The summed E-state index contributed by atoms with van der Waals surface area (Å²) in [7, 11) is 1.28. The highest BCUT2D eigenvalue weighted by atomic mass is 31.2. The number of aliphatic hydroxyl groups is 1. The van der Waals surface area contributed by atoms with Crippen molar-refractivity contribution < 1.29 is 32.9 Å². The Kier molecular flexibility index (Phi) is 52.5. The Morgan fingerprint density at radius 3 is 1.07 bits per heavy atom. The second-order valence-corrected chi connectivity index (χ2v) is 24.2. The van der Waals surface area contributed by atoms with E-state index >= 15 is 0 Å². The zero-order valence-electron chi connectivity index (χ0n) is 47.8. The van der Waals surface area contributed by atoms with Gasteiger partial charge in [0.1, 0.15) is 13.2 Å². The third-order valence-electron chi connectivity index (χ3n) is 14.5. The number of carbonyl (C=O) groups is 1. The highest BCUT2D eigenvalue weighted by Gasteiger charge is 2.23. The van der Waals surface area contributed by atoms with Gasteiger partial charge in [0, 0.05) is 6.42 Å². The Morgan fingerprint density at radius 2 is 0.771 bits per heavy atom. The number of amides is 1. The Morgan fingerprint density at radius 1 is 0.486 bits per heavy atom. The van der Waals surface area contributed by atoms with Crippen LogP contribution in [0.2, 0.25) is 0 Å². The zero-order chi connectivity index (χ0) is 51.3. The molecule has 0 bridgehead atoms. The summed E-state index contributed by atoms with van der Waals surface area (Å²) in [5.41, 5.74) is 0. The van der Waals surface area contributed by atoms with Crippen LogP contribution in [-0.4, -0.2) is 68.5 Å². The lowest BCUT2D eigenvalue weighted by Gasteiger charge is -2.29. The van der Waals surface area contributed by atoms with Gasteiger partial charge in [-0.3, -0.25) is 9.36 Å². The molecule has 0 rings (SSSR count). The number of allylic oxidation sites excluding steroid dienone is 1. The number of nitrogens with one attached hydrogen (secondary N) is 1. The second-order valence-electron chi connectivity index (χ2n) is 22.8. The van der Waals surface area contributed by atoms with Crippen molar-refractivity contribution >= 4 is 13.7 Å². The Hall–Kier alpha value is -0.760. The largest absolute Gasteiger partial charge is 0.756 e. The van der Waals surface area contributed by atoms with Gasteiger partial charge in [-0.2, -0.15) is 0 Å². The highest BCUT2D eigenvalue weighted by Crippen LogP contribution is 2.38. The molecule has 0 fully saturated rings. The smallest absolute Gasteiger partial charge is 0.268 e. The van der Waals surface area contributed by atoms with E-state index in [9.17, 15) is 19.4 Å². The zero-order valence-corrected chi connectivity index (χ0v) is 48.6. The molecule has 0 aliphatic rings. The van der Waals surface area contributed by atoms with Crippen LogP contribution in [0.3, 0.4) is 0 Å². The van der Waals surface area contributed by atoms with Crippen LogP contribution >= 0.6 is 7.82 Å². The lowest BCUT2D eigenvalue weighted by atomic mass is 10.0. The third kappa shape index (κ3) is 55.0. The van der Waals surface area contributed by atoms with E-state index in [2.05, 4.69) is 19.2 Å². The van der Waals surface area contributed by atoms with Crippen molar-refractivity contribution in [3.63, 3.8) is 0 Å². The van der Waals surface area contributed by atoms with Crippen molar-refractivity contribution in [3.8, 4) is 0 Å². The van der Waals surface area contributed by atoms with Crippen molar-refractivity contribution in [3.05, 3.63) is 12.2 Å². The number of nitrogens with zero attached hydrogens (tertiary/aromatic N) is 1. The van der Waals surface area contributed by atoms with Crippen LogP contribution in [0.5, 0.6) is 0 Å². The fourth-order valence-electron chi connectivity index (χ4n) is 9.63. The molecule has 9 heteroatoms. The number of hydrogen-bond donors (Lipinski definition) is 2. The number of carbonyl (C=O) groups excluding carboxylic acids is 1. The molecule has 1 unspecified atom stereocenters. The molecular formula is C61H123N2O6P. The standard InChI is InChI=1S/C61H123N2O6P/c1-6-8-10-12-14-16-18-20-22-24-25-26-27-28-29-30-31-32-33-34-35-36-37-39-41-43-45-47-49-51-53-55-61(65)62-59(58-69-70(66,67)68-57-56-63(3,4)5)60(64)54-52-50-48-46-44-42-40-38-23-21-19-17-15-13-11-9-7-2/h52,54,59-60,64H,6-51,53,55-58H2,1-5H3,(H-,62,65,66,67)/b54-52+/t59-,60+/m0/s1. The van der Waals surface area contributed by atoms with E-state index in [4.69, 9.17) is 9.05 Å². The first-order valence-corrected chi connectivity index (χ1v) is 32.5. The quantitative estimate of drug-likeness (QED) is 0.0272. The van der Waals surface area contributed by atoms with Crippen molar-refractivity contribution in [1.29, 1.82) is 0 Å². The van der Waals surface area contributed by atoms with E-state index in [-0.39, 0.29) is 19.1 Å². The van der Waals surface area contributed by atoms with E-state index in [1.807, 2.05) is 27.2 Å². The molecule has 70 heavy (non-hydrogen) atoms. The summed E-state index contributed by atoms with van der Waals surface area (Å²) in [6, 6.07) is -0.882. The monoisotopic (exact) mass is 1010 g/mol. The normalized spacial score (nSPS) is 13.9. The molecule has 0 aromatic rings. The molecule has 2 N–H and O–H groups in total. The number of quaternary nitrogens is 1. The summed E-state index contributed by atoms with van der Waals surface area (Å²) in [5.74, 6) is -0.189. The molecule has 0 saturated heterocycles. The van der Waals surface area contributed by atoms with Crippen LogP contribution in [0.15, 0.2) is 12.2 Å². The lowest BCUT2D eigenvalue weighted by molar-refractivity contribution is -0.870. The maximum atomic E-state index is 13.0. The first-order valence-electron chi connectivity index (χ1n) is 31.1. The van der Waals surface area contributed by atoms with Crippen molar-refractivity contribution in [2.45, 2.75) is 334 Å². The summed E-state index contributed by atoms with van der Waals surface area (Å²) in [4.78, 5) is 25.5. The summed E-state index contributed by atoms with van der Waals surface area (Å²) >= 11 is 0. The minimum atomic E-state index is -4.59. The van der Waals surface area contributed by atoms with E-state index < -0.39 is 20.0 Å². The van der Waals surface area contributed by atoms with E-state index in [1.165, 1.54) is 263 Å². The van der Waals surface area contributed by atoms with Gasteiger partial charge in [-0.25, -0.2) is 0 Å². The van der Waals surface area contributed by atoms with Crippen molar-refractivity contribution in [2.24, 2.45) is 0 Å². The lowest BCUT2D eigenvalue weighted by Crippen LogP contribution is -2.45. The van der Waals surface area contributed by atoms with E-state index in [0.717, 1.165) is 38.5 Å². The summed E-state index contributed by atoms with van der Waals surface area (Å²) in [6.45, 7) is 4.70. The molecule has 0 radical (unpaired) electrons. The molecule has 0 spiro atoms.